The van der Waals surface area contributed by atoms with Gasteiger partial charge < -0.3 is 5.32 Å². The Hall–Kier alpha value is -1.99. The molecule has 1 unspecified atom stereocenters. The van der Waals surface area contributed by atoms with E-state index in [-0.39, 0.29) is 11.8 Å². The van der Waals surface area contributed by atoms with Gasteiger partial charge in [0.2, 0.25) is 10.0 Å². The molecule has 3 rings (SSSR count). The first-order valence-corrected chi connectivity index (χ1v) is 11.1. The van der Waals surface area contributed by atoms with E-state index < -0.39 is 10.0 Å². The van der Waals surface area contributed by atoms with E-state index in [2.05, 4.69) is 10.3 Å². The molecular weight excluding hydrogens is 362 g/mol. The molecule has 1 saturated heterocycles. The summed E-state index contributed by atoms with van der Waals surface area (Å²) in [5, 5.41) is 3.86. The number of nitrogens with one attached hydrogen (secondary N) is 1. The Labute approximate surface area is 161 Å². The van der Waals surface area contributed by atoms with Crippen LogP contribution in [0.25, 0.3) is 10.9 Å². The van der Waals surface area contributed by atoms with Crippen LogP contribution in [0.3, 0.4) is 0 Å². The van der Waals surface area contributed by atoms with Crippen molar-refractivity contribution in [1.29, 1.82) is 0 Å². The van der Waals surface area contributed by atoms with E-state index in [4.69, 9.17) is 0 Å². The summed E-state index contributed by atoms with van der Waals surface area (Å²) < 4.78 is 25.0. The van der Waals surface area contributed by atoms with Gasteiger partial charge in [-0.3, -0.25) is 9.78 Å². The maximum Gasteiger partial charge on any atom is 0.252 e. The molecule has 27 heavy (non-hydrogen) atoms. The largest absolute Gasteiger partial charge is 0.352 e. The molecule has 2 aromatic rings. The monoisotopic (exact) mass is 389 g/mol. The predicted octanol–water partition coefficient (Wildman–Crippen LogP) is 2.56. The summed E-state index contributed by atoms with van der Waals surface area (Å²) in [6.07, 6.45) is 2.98. The van der Waals surface area contributed by atoms with Crippen molar-refractivity contribution in [3.05, 3.63) is 40.6 Å². The molecule has 0 bridgehead atoms. The van der Waals surface area contributed by atoms with Gasteiger partial charge in [-0.1, -0.05) is 12.1 Å². The van der Waals surface area contributed by atoms with Gasteiger partial charge in [-0.25, -0.2) is 12.7 Å². The molecule has 0 spiro atoms. The fraction of sp³-hybridized carbons (Fsp3) is 0.500. The molecule has 1 aliphatic rings. The predicted molar refractivity (Wildman–Crippen MR) is 107 cm³/mol. The van der Waals surface area contributed by atoms with Gasteiger partial charge in [-0.2, -0.15) is 0 Å². The lowest BCUT2D eigenvalue weighted by molar-refractivity contribution is 0.0943. The molecule has 6 nitrogen and oxygen atoms in total. The van der Waals surface area contributed by atoms with Crippen molar-refractivity contribution < 1.29 is 13.2 Å². The molecule has 0 saturated carbocycles. The van der Waals surface area contributed by atoms with Gasteiger partial charge in [0.05, 0.1) is 17.3 Å². The number of rotatable bonds is 4. The van der Waals surface area contributed by atoms with Crippen LogP contribution in [0.2, 0.25) is 0 Å². The summed E-state index contributed by atoms with van der Waals surface area (Å²) in [6, 6.07) is 5.78. The minimum Gasteiger partial charge on any atom is -0.352 e. The highest BCUT2D eigenvalue weighted by molar-refractivity contribution is 7.88. The van der Waals surface area contributed by atoms with Crippen LogP contribution in [-0.4, -0.2) is 49.5 Å². The number of aryl methyl sites for hydroxylation is 3. The van der Waals surface area contributed by atoms with Crippen LogP contribution < -0.4 is 5.32 Å². The fourth-order valence-corrected chi connectivity index (χ4v) is 4.61. The zero-order valence-corrected chi connectivity index (χ0v) is 17.2. The third-order valence-corrected chi connectivity index (χ3v) is 6.65. The number of carbonyl (C=O) groups excluding carboxylic acids is 1. The SMILES string of the molecule is Cc1cc(C(=O)NCC2CCCN(S(C)(=O)=O)C2)c2ccc(C)c(C)c2n1. The Morgan fingerprint density at radius 1 is 1.30 bits per heavy atom. The maximum atomic E-state index is 12.9. The van der Waals surface area contributed by atoms with Crippen molar-refractivity contribution in [2.24, 2.45) is 5.92 Å². The molecule has 0 radical (unpaired) electrons. The number of hydrogen-bond donors (Lipinski definition) is 1. The number of nitrogens with zero attached hydrogens (tertiary/aromatic N) is 2. The van der Waals surface area contributed by atoms with E-state index in [1.54, 1.807) is 0 Å². The third-order valence-electron chi connectivity index (χ3n) is 5.38. The van der Waals surface area contributed by atoms with Crippen molar-refractivity contribution in [2.75, 3.05) is 25.9 Å². The third kappa shape index (κ3) is 4.30. The number of pyridine rings is 1. The lowest BCUT2D eigenvalue weighted by atomic mass is 9.98. The number of piperidine rings is 1. The number of benzene rings is 1. The van der Waals surface area contributed by atoms with E-state index in [0.717, 1.165) is 40.6 Å². The van der Waals surface area contributed by atoms with Gasteiger partial charge in [0.1, 0.15) is 0 Å². The smallest absolute Gasteiger partial charge is 0.252 e. The molecule has 1 fully saturated rings. The van der Waals surface area contributed by atoms with Crippen molar-refractivity contribution in [3.63, 3.8) is 0 Å². The second-order valence-electron chi connectivity index (χ2n) is 7.55. The van der Waals surface area contributed by atoms with Crippen molar-refractivity contribution in [3.8, 4) is 0 Å². The minimum atomic E-state index is -3.18. The summed E-state index contributed by atoms with van der Waals surface area (Å²) in [6.45, 7) is 7.45. The van der Waals surface area contributed by atoms with Crippen molar-refractivity contribution in [2.45, 2.75) is 33.6 Å². The van der Waals surface area contributed by atoms with E-state index in [0.29, 0.717) is 25.2 Å². The molecule has 1 aliphatic heterocycles. The average molecular weight is 390 g/mol. The van der Waals surface area contributed by atoms with Gasteiger partial charge in [-0.05, 0) is 56.7 Å². The number of carbonyl (C=O) groups is 1. The number of aromatic nitrogens is 1. The molecule has 7 heteroatoms. The quantitative estimate of drug-likeness (QED) is 0.872. The van der Waals surface area contributed by atoms with E-state index in [1.807, 2.05) is 39.0 Å². The zero-order valence-electron chi connectivity index (χ0n) is 16.4. The zero-order chi connectivity index (χ0) is 19.8. The summed E-state index contributed by atoms with van der Waals surface area (Å²) in [7, 11) is -3.18. The van der Waals surface area contributed by atoms with Crippen LogP contribution in [0.1, 0.15) is 40.0 Å². The molecule has 0 aliphatic carbocycles. The lowest BCUT2D eigenvalue weighted by Crippen LogP contribution is -2.43. The molecule has 1 aromatic carbocycles. The maximum absolute atomic E-state index is 12.9. The summed E-state index contributed by atoms with van der Waals surface area (Å²) in [5.74, 6) is 0.000774. The van der Waals surface area contributed by atoms with Gasteiger partial charge in [0.25, 0.3) is 5.91 Å². The van der Waals surface area contributed by atoms with Crippen LogP contribution in [-0.2, 0) is 10.0 Å². The summed E-state index contributed by atoms with van der Waals surface area (Å²) >= 11 is 0. The minimum absolute atomic E-state index is 0.134. The van der Waals surface area contributed by atoms with E-state index >= 15 is 0 Å². The van der Waals surface area contributed by atoms with Gasteiger partial charge in [-0.15, -0.1) is 0 Å². The Kier molecular flexibility index (Phi) is 5.53. The second kappa shape index (κ2) is 7.56. The second-order valence-corrected chi connectivity index (χ2v) is 9.54. The molecule has 1 atom stereocenters. The van der Waals surface area contributed by atoms with Crippen LogP contribution in [0.4, 0.5) is 0 Å². The topological polar surface area (TPSA) is 79.4 Å². The van der Waals surface area contributed by atoms with E-state index in [9.17, 15) is 13.2 Å². The number of amides is 1. The van der Waals surface area contributed by atoms with Gasteiger partial charge in [0.15, 0.2) is 0 Å². The normalized spacial score (nSPS) is 18.6. The van der Waals surface area contributed by atoms with Gasteiger partial charge >= 0.3 is 0 Å². The fourth-order valence-electron chi connectivity index (χ4n) is 3.67. The Bertz CT molecular complexity index is 986. The Morgan fingerprint density at radius 3 is 2.74 bits per heavy atom. The van der Waals surface area contributed by atoms with Crippen molar-refractivity contribution in [1.82, 2.24) is 14.6 Å². The Morgan fingerprint density at radius 2 is 2.04 bits per heavy atom. The molecular formula is C20H27N3O3S. The number of fused-ring (bicyclic) bond motifs is 1. The van der Waals surface area contributed by atoms with Gasteiger partial charge in [0, 0.05) is 30.7 Å². The summed E-state index contributed by atoms with van der Waals surface area (Å²) in [4.78, 5) is 17.5. The highest BCUT2D eigenvalue weighted by Crippen LogP contribution is 2.24. The molecule has 146 valence electrons. The first-order valence-electron chi connectivity index (χ1n) is 9.27. The van der Waals surface area contributed by atoms with Crippen LogP contribution in [0, 0.1) is 26.7 Å². The van der Waals surface area contributed by atoms with Crippen LogP contribution in [0.15, 0.2) is 18.2 Å². The highest BCUT2D eigenvalue weighted by Gasteiger charge is 2.26. The molecule has 1 aromatic heterocycles. The highest BCUT2D eigenvalue weighted by atomic mass is 32.2. The number of sulfonamides is 1. The Balaban J connectivity index is 1.78. The van der Waals surface area contributed by atoms with Crippen LogP contribution >= 0.6 is 0 Å². The average Bonchev–Trinajstić information content (AvgIpc) is 2.62. The van der Waals surface area contributed by atoms with E-state index in [1.165, 1.54) is 10.6 Å². The molecule has 2 heterocycles. The standard InChI is InChI=1S/C20H27N3O3S/c1-13-7-8-17-18(10-14(2)22-19(17)15(13)3)20(24)21-11-16-6-5-9-23(12-16)27(4,25)26/h7-8,10,16H,5-6,9,11-12H2,1-4H3,(H,21,24). The molecule has 1 N–H and O–H groups in total. The number of hydrogen-bond acceptors (Lipinski definition) is 4. The first kappa shape index (κ1) is 19.8. The lowest BCUT2D eigenvalue weighted by Gasteiger charge is -2.31. The van der Waals surface area contributed by atoms with Crippen LogP contribution in [0.5, 0.6) is 0 Å². The summed E-state index contributed by atoms with van der Waals surface area (Å²) in [5.41, 5.74) is 4.52. The first-order chi connectivity index (χ1) is 12.7. The molecule has 1 amide bonds. The van der Waals surface area contributed by atoms with Crippen molar-refractivity contribution >= 4 is 26.8 Å².